The van der Waals surface area contributed by atoms with Crippen molar-refractivity contribution in [3.63, 3.8) is 0 Å². The molecule has 2 aromatic rings. The Hall–Kier alpha value is -3.28. The van der Waals surface area contributed by atoms with E-state index in [2.05, 4.69) is 0 Å². The van der Waals surface area contributed by atoms with Crippen LogP contribution in [0.4, 0.5) is 0 Å². The highest BCUT2D eigenvalue weighted by Crippen LogP contribution is 2.28. The molecule has 0 saturated heterocycles. The molecule has 6 heteroatoms. The molecule has 0 heterocycles. The lowest BCUT2D eigenvalue weighted by Crippen LogP contribution is -2.34. The van der Waals surface area contributed by atoms with Gasteiger partial charge in [0.15, 0.2) is 18.1 Å². The number of methoxy groups -OCH3 is 2. The predicted molar refractivity (Wildman–Crippen MR) is 112 cm³/mol. The summed E-state index contributed by atoms with van der Waals surface area (Å²) in [6.07, 6.45) is 2.99. The molecule has 29 heavy (non-hydrogen) atoms. The van der Waals surface area contributed by atoms with Crippen molar-refractivity contribution in [3.05, 3.63) is 65.2 Å². The van der Waals surface area contributed by atoms with E-state index in [0.29, 0.717) is 24.6 Å². The lowest BCUT2D eigenvalue weighted by Gasteiger charge is -2.21. The Balaban J connectivity index is 1.91. The predicted octanol–water partition coefficient (Wildman–Crippen LogP) is 3.62. The summed E-state index contributed by atoms with van der Waals surface area (Å²) in [6, 6.07) is 13.2. The molecule has 0 bridgehead atoms. The van der Waals surface area contributed by atoms with E-state index in [4.69, 9.17) is 14.2 Å². The first-order valence-electron chi connectivity index (χ1n) is 9.37. The van der Waals surface area contributed by atoms with Crippen molar-refractivity contribution in [2.75, 3.05) is 27.4 Å². The number of hydrogen-bond donors (Lipinski definition) is 0. The number of benzene rings is 2. The van der Waals surface area contributed by atoms with E-state index in [1.54, 1.807) is 31.3 Å². The molecule has 2 rings (SSSR count). The number of amides is 1. The van der Waals surface area contributed by atoms with E-state index in [0.717, 1.165) is 16.7 Å². The van der Waals surface area contributed by atoms with Crippen molar-refractivity contribution in [1.29, 1.82) is 0 Å². The van der Waals surface area contributed by atoms with E-state index in [-0.39, 0.29) is 12.5 Å². The first kappa shape index (κ1) is 22.0. The Morgan fingerprint density at radius 1 is 1.03 bits per heavy atom. The summed E-state index contributed by atoms with van der Waals surface area (Å²) in [5.41, 5.74) is 2.89. The van der Waals surface area contributed by atoms with Gasteiger partial charge in [0.1, 0.15) is 0 Å². The Bertz CT molecular complexity index is 875. The number of nitrogens with zero attached hydrogens (tertiary/aromatic N) is 1. The number of carbonyl (C=O) groups is 2. The minimum Gasteiger partial charge on any atom is -0.493 e. The van der Waals surface area contributed by atoms with Crippen LogP contribution in [-0.2, 0) is 20.9 Å². The highest BCUT2D eigenvalue weighted by atomic mass is 16.5. The second-order valence-corrected chi connectivity index (χ2v) is 6.45. The number of likely N-dealkylation sites (N-methyl/N-ethyl adjacent to an activating group) is 1. The van der Waals surface area contributed by atoms with Gasteiger partial charge in [-0.1, -0.05) is 35.9 Å². The monoisotopic (exact) mass is 397 g/mol. The standard InChI is InChI=1S/C23H27NO5/c1-5-24(15-19-9-11-20(27-3)21(14-19)28-4)22(25)16-29-23(26)12-10-18-8-6-7-17(2)13-18/h6-14H,5,15-16H2,1-4H3/b12-10+. The fourth-order valence-electron chi connectivity index (χ4n) is 2.79. The molecule has 0 aromatic heterocycles. The summed E-state index contributed by atoms with van der Waals surface area (Å²) in [6.45, 7) is 4.42. The van der Waals surface area contributed by atoms with Gasteiger partial charge in [0.2, 0.25) is 0 Å². The van der Waals surface area contributed by atoms with Gasteiger partial charge in [0, 0.05) is 19.2 Å². The molecule has 0 N–H and O–H groups in total. The topological polar surface area (TPSA) is 65.1 Å². The molecule has 0 unspecified atom stereocenters. The van der Waals surface area contributed by atoms with Crippen LogP contribution in [0.15, 0.2) is 48.5 Å². The van der Waals surface area contributed by atoms with Crippen molar-refractivity contribution in [2.24, 2.45) is 0 Å². The van der Waals surface area contributed by atoms with Gasteiger partial charge in [0.05, 0.1) is 14.2 Å². The third kappa shape index (κ3) is 6.68. The second kappa shape index (κ2) is 10.9. The van der Waals surface area contributed by atoms with Crippen LogP contribution in [0.2, 0.25) is 0 Å². The normalized spacial score (nSPS) is 10.6. The molecule has 0 atom stereocenters. The van der Waals surface area contributed by atoms with Crippen LogP contribution in [0, 0.1) is 6.92 Å². The molecule has 1 amide bonds. The van der Waals surface area contributed by atoms with Gasteiger partial charge in [-0.25, -0.2) is 4.79 Å². The quantitative estimate of drug-likeness (QED) is 0.478. The first-order chi connectivity index (χ1) is 14.0. The van der Waals surface area contributed by atoms with E-state index in [9.17, 15) is 9.59 Å². The fourth-order valence-corrected chi connectivity index (χ4v) is 2.79. The van der Waals surface area contributed by atoms with Crippen molar-refractivity contribution < 1.29 is 23.8 Å². The number of esters is 1. The van der Waals surface area contributed by atoms with Crippen molar-refractivity contribution >= 4 is 18.0 Å². The number of hydrogen-bond acceptors (Lipinski definition) is 5. The number of ether oxygens (including phenoxy) is 3. The van der Waals surface area contributed by atoms with Crippen LogP contribution in [-0.4, -0.2) is 44.1 Å². The molecular weight excluding hydrogens is 370 g/mol. The van der Waals surface area contributed by atoms with Gasteiger partial charge >= 0.3 is 5.97 Å². The molecule has 0 saturated carbocycles. The van der Waals surface area contributed by atoms with Gasteiger partial charge in [-0.15, -0.1) is 0 Å². The van der Waals surface area contributed by atoms with Crippen LogP contribution in [0.3, 0.4) is 0 Å². The molecule has 0 spiro atoms. The molecule has 0 aliphatic heterocycles. The van der Waals surface area contributed by atoms with Crippen LogP contribution in [0.5, 0.6) is 11.5 Å². The highest BCUT2D eigenvalue weighted by molar-refractivity contribution is 5.89. The van der Waals surface area contributed by atoms with Crippen molar-refractivity contribution in [3.8, 4) is 11.5 Å². The third-order valence-corrected chi connectivity index (χ3v) is 4.35. The lowest BCUT2D eigenvalue weighted by atomic mass is 10.1. The Morgan fingerprint density at radius 3 is 2.45 bits per heavy atom. The maximum atomic E-state index is 12.4. The van der Waals surface area contributed by atoms with Gasteiger partial charge < -0.3 is 19.1 Å². The average molecular weight is 397 g/mol. The zero-order valence-electron chi connectivity index (χ0n) is 17.3. The summed E-state index contributed by atoms with van der Waals surface area (Å²) < 4.78 is 15.6. The third-order valence-electron chi connectivity index (χ3n) is 4.35. The molecule has 6 nitrogen and oxygen atoms in total. The zero-order valence-corrected chi connectivity index (χ0v) is 17.3. The summed E-state index contributed by atoms with van der Waals surface area (Å²) >= 11 is 0. The maximum absolute atomic E-state index is 12.4. The molecular formula is C23H27NO5. The highest BCUT2D eigenvalue weighted by Gasteiger charge is 2.15. The van der Waals surface area contributed by atoms with E-state index >= 15 is 0 Å². The maximum Gasteiger partial charge on any atom is 0.331 e. The first-order valence-corrected chi connectivity index (χ1v) is 9.37. The number of rotatable bonds is 9. The fraction of sp³-hybridized carbons (Fsp3) is 0.304. The molecule has 154 valence electrons. The molecule has 2 aromatic carbocycles. The van der Waals surface area contributed by atoms with Gasteiger partial charge in [-0.05, 0) is 43.2 Å². The SMILES string of the molecule is CCN(Cc1ccc(OC)c(OC)c1)C(=O)COC(=O)/C=C/c1cccc(C)c1. The van der Waals surface area contributed by atoms with E-state index < -0.39 is 5.97 Å². The van der Waals surface area contributed by atoms with Crippen LogP contribution >= 0.6 is 0 Å². The van der Waals surface area contributed by atoms with E-state index in [1.807, 2.05) is 50.2 Å². The minimum absolute atomic E-state index is 0.264. The Kier molecular flexibility index (Phi) is 8.27. The van der Waals surface area contributed by atoms with Gasteiger partial charge in [-0.2, -0.15) is 0 Å². The molecule has 0 radical (unpaired) electrons. The Morgan fingerprint density at radius 2 is 1.79 bits per heavy atom. The zero-order chi connectivity index (χ0) is 21.2. The lowest BCUT2D eigenvalue weighted by molar-refractivity contribution is -0.148. The summed E-state index contributed by atoms with van der Waals surface area (Å²) in [4.78, 5) is 26.0. The second-order valence-electron chi connectivity index (χ2n) is 6.45. The van der Waals surface area contributed by atoms with E-state index in [1.165, 1.54) is 6.08 Å². The minimum atomic E-state index is -0.554. The largest absolute Gasteiger partial charge is 0.493 e. The van der Waals surface area contributed by atoms with Crippen LogP contribution < -0.4 is 9.47 Å². The van der Waals surface area contributed by atoms with Gasteiger partial charge in [-0.3, -0.25) is 4.79 Å². The van der Waals surface area contributed by atoms with Crippen LogP contribution in [0.1, 0.15) is 23.6 Å². The van der Waals surface area contributed by atoms with Crippen LogP contribution in [0.25, 0.3) is 6.08 Å². The van der Waals surface area contributed by atoms with Crippen molar-refractivity contribution in [1.82, 2.24) is 4.90 Å². The summed E-state index contributed by atoms with van der Waals surface area (Å²) in [7, 11) is 3.13. The number of carbonyl (C=O) groups excluding carboxylic acids is 2. The summed E-state index contributed by atoms with van der Waals surface area (Å²) in [5, 5.41) is 0. The summed E-state index contributed by atoms with van der Waals surface area (Å²) in [5.74, 6) is 0.405. The average Bonchev–Trinajstić information content (AvgIpc) is 2.74. The van der Waals surface area contributed by atoms with Gasteiger partial charge in [0.25, 0.3) is 5.91 Å². The molecule has 0 fully saturated rings. The molecule has 0 aliphatic carbocycles. The van der Waals surface area contributed by atoms with Crippen molar-refractivity contribution in [2.45, 2.75) is 20.4 Å². The number of aryl methyl sites for hydroxylation is 1. The Labute approximate surface area is 171 Å². The molecule has 0 aliphatic rings. The smallest absolute Gasteiger partial charge is 0.331 e.